The molecule has 112 valence electrons. The van der Waals surface area contributed by atoms with E-state index in [1.165, 1.54) is 11.1 Å². The number of hydrogen-bond donors (Lipinski definition) is 1. The first-order valence-corrected chi connectivity index (χ1v) is 7.20. The molecule has 1 aliphatic rings. The topological polar surface area (TPSA) is 65.4 Å². The van der Waals surface area contributed by atoms with E-state index in [-0.39, 0.29) is 16.7 Å². The lowest BCUT2D eigenvalue weighted by Gasteiger charge is -2.23. The fourth-order valence-corrected chi connectivity index (χ4v) is 2.33. The molecule has 0 radical (unpaired) electrons. The van der Waals surface area contributed by atoms with Gasteiger partial charge in [0.05, 0.1) is 31.1 Å². The molecule has 1 aromatic rings. The number of nitrogens with one attached hydrogen (secondary N) is 1. The van der Waals surface area contributed by atoms with Crippen LogP contribution in [-0.4, -0.2) is 42.8 Å². The summed E-state index contributed by atoms with van der Waals surface area (Å²) in [5.41, 5.74) is 0.248. The van der Waals surface area contributed by atoms with E-state index >= 15 is 0 Å². The van der Waals surface area contributed by atoms with Crippen LogP contribution in [0.4, 0.5) is 5.69 Å². The maximum atomic E-state index is 12.0. The van der Waals surface area contributed by atoms with Gasteiger partial charge in [-0.2, -0.15) is 5.10 Å². The second-order valence-corrected chi connectivity index (χ2v) is 5.14. The van der Waals surface area contributed by atoms with Gasteiger partial charge in [-0.1, -0.05) is 11.6 Å². The summed E-state index contributed by atoms with van der Waals surface area (Å²) in [4.78, 5) is 12.0. The zero-order valence-electron chi connectivity index (χ0n) is 11.6. The first-order chi connectivity index (χ1) is 9.72. The van der Waals surface area contributed by atoms with Gasteiger partial charge in [0.1, 0.15) is 5.02 Å². The molecule has 1 fully saturated rings. The predicted octanol–water partition coefficient (Wildman–Crippen LogP) is 1.52. The standard InChI is InChI=1S/C13H20ClN3O3/c1-19-7-5-17-13(18)12(14)11(9-16-17)15-8-10-4-2-3-6-20-10/h9-10,15H,2-8H2,1H3. The number of rotatable bonds is 6. The van der Waals surface area contributed by atoms with Crippen LogP contribution in [0.1, 0.15) is 19.3 Å². The Balaban J connectivity index is 1.97. The van der Waals surface area contributed by atoms with Gasteiger partial charge in [-0.15, -0.1) is 0 Å². The lowest BCUT2D eigenvalue weighted by atomic mass is 10.1. The lowest BCUT2D eigenvalue weighted by molar-refractivity contribution is 0.0247. The van der Waals surface area contributed by atoms with Gasteiger partial charge in [-0.25, -0.2) is 4.68 Å². The van der Waals surface area contributed by atoms with Gasteiger partial charge in [0.25, 0.3) is 5.56 Å². The van der Waals surface area contributed by atoms with E-state index in [1.54, 1.807) is 13.3 Å². The summed E-state index contributed by atoms with van der Waals surface area (Å²) in [6.07, 6.45) is 5.08. The van der Waals surface area contributed by atoms with Crippen molar-refractivity contribution in [3.8, 4) is 0 Å². The Bertz CT molecular complexity index is 486. The van der Waals surface area contributed by atoms with E-state index in [9.17, 15) is 4.79 Å². The monoisotopic (exact) mass is 301 g/mol. The second kappa shape index (κ2) is 7.61. The molecule has 1 N–H and O–H groups in total. The van der Waals surface area contributed by atoms with Crippen molar-refractivity contribution in [2.45, 2.75) is 31.9 Å². The fourth-order valence-electron chi connectivity index (χ4n) is 2.12. The summed E-state index contributed by atoms with van der Waals surface area (Å²) in [5.74, 6) is 0. The summed E-state index contributed by atoms with van der Waals surface area (Å²) in [7, 11) is 1.58. The van der Waals surface area contributed by atoms with Crippen LogP contribution in [0.25, 0.3) is 0 Å². The molecule has 0 amide bonds. The molecular formula is C13H20ClN3O3. The van der Waals surface area contributed by atoms with E-state index in [0.717, 1.165) is 19.4 Å². The van der Waals surface area contributed by atoms with Crippen molar-refractivity contribution >= 4 is 17.3 Å². The van der Waals surface area contributed by atoms with Crippen LogP contribution in [-0.2, 0) is 16.0 Å². The van der Waals surface area contributed by atoms with E-state index in [0.29, 0.717) is 25.4 Å². The van der Waals surface area contributed by atoms with Gasteiger partial charge in [-0.3, -0.25) is 4.79 Å². The van der Waals surface area contributed by atoms with E-state index in [2.05, 4.69) is 10.4 Å². The molecule has 0 saturated carbocycles. The Morgan fingerprint density at radius 2 is 2.45 bits per heavy atom. The van der Waals surface area contributed by atoms with Crippen LogP contribution >= 0.6 is 11.6 Å². The predicted molar refractivity (Wildman–Crippen MR) is 77.5 cm³/mol. The normalized spacial score (nSPS) is 19.0. The average Bonchev–Trinajstić information content (AvgIpc) is 2.49. The lowest BCUT2D eigenvalue weighted by Crippen LogP contribution is -2.29. The van der Waals surface area contributed by atoms with E-state index in [1.807, 2.05) is 0 Å². The number of ether oxygens (including phenoxy) is 2. The van der Waals surface area contributed by atoms with Crippen molar-refractivity contribution in [3.63, 3.8) is 0 Å². The molecule has 2 heterocycles. The van der Waals surface area contributed by atoms with Gasteiger partial charge < -0.3 is 14.8 Å². The van der Waals surface area contributed by atoms with Crippen LogP contribution in [0.3, 0.4) is 0 Å². The molecule has 0 aliphatic carbocycles. The Hall–Kier alpha value is -1.11. The molecule has 1 aliphatic heterocycles. The molecule has 0 spiro atoms. The SMILES string of the molecule is COCCn1ncc(NCC2CCCCO2)c(Cl)c1=O. The number of nitrogens with zero attached hydrogens (tertiary/aromatic N) is 2. The van der Waals surface area contributed by atoms with Crippen molar-refractivity contribution in [1.29, 1.82) is 0 Å². The maximum Gasteiger partial charge on any atom is 0.287 e. The quantitative estimate of drug-likeness (QED) is 0.863. The average molecular weight is 302 g/mol. The number of methoxy groups -OCH3 is 1. The first-order valence-electron chi connectivity index (χ1n) is 6.82. The second-order valence-electron chi connectivity index (χ2n) is 4.76. The van der Waals surface area contributed by atoms with Crippen LogP contribution in [0.2, 0.25) is 5.02 Å². The molecule has 20 heavy (non-hydrogen) atoms. The molecule has 0 bridgehead atoms. The minimum atomic E-state index is -0.307. The third-order valence-electron chi connectivity index (χ3n) is 3.29. The molecule has 1 atom stereocenters. The van der Waals surface area contributed by atoms with E-state index < -0.39 is 0 Å². The largest absolute Gasteiger partial charge is 0.383 e. The molecule has 1 saturated heterocycles. The van der Waals surface area contributed by atoms with Gasteiger partial charge in [0, 0.05) is 20.3 Å². The third kappa shape index (κ3) is 3.94. The minimum absolute atomic E-state index is 0.159. The Morgan fingerprint density at radius 3 is 3.15 bits per heavy atom. The fraction of sp³-hybridized carbons (Fsp3) is 0.692. The maximum absolute atomic E-state index is 12.0. The van der Waals surface area contributed by atoms with E-state index in [4.69, 9.17) is 21.1 Å². The summed E-state index contributed by atoms with van der Waals surface area (Å²) < 4.78 is 11.8. The molecule has 1 unspecified atom stereocenters. The molecule has 7 heteroatoms. The molecule has 1 aromatic heterocycles. The summed E-state index contributed by atoms with van der Waals surface area (Å²) in [6.45, 7) is 2.26. The highest BCUT2D eigenvalue weighted by Gasteiger charge is 2.15. The number of anilines is 1. The molecular weight excluding hydrogens is 282 g/mol. The van der Waals surface area contributed by atoms with Crippen molar-refractivity contribution in [3.05, 3.63) is 21.6 Å². The smallest absolute Gasteiger partial charge is 0.287 e. The first kappa shape index (κ1) is 15.3. The van der Waals surface area contributed by atoms with Crippen molar-refractivity contribution < 1.29 is 9.47 Å². The number of hydrogen-bond acceptors (Lipinski definition) is 5. The molecule has 0 aromatic carbocycles. The van der Waals surface area contributed by atoms with Crippen LogP contribution in [0, 0.1) is 0 Å². The molecule has 2 rings (SSSR count). The third-order valence-corrected chi connectivity index (χ3v) is 3.65. The molecule has 6 nitrogen and oxygen atoms in total. The van der Waals surface area contributed by atoms with Crippen molar-refractivity contribution in [2.24, 2.45) is 0 Å². The summed E-state index contributed by atoms with van der Waals surface area (Å²) in [6, 6.07) is 0. The highest BCUT2D eigenvalue weighted by molar-refractivity contribution is 6.32. The summed E-state index contributed by atoms with van der Waals surface area (Å²) >= 11 is 6.08. The van der Waals surface area contributed by atoms with Gasteiger partial charge >= 0.3 is 0 Å². The van der Waals surface area contributed by atoms with Crippen LogP contribution < -0.4 is 10.9 Å². The van der Waals surface area contributed by atoms with Crippen molar-refractivity contribution in [1.82, 2.24) is 9.78 Å². The van der Waals surface area contributed by atoms with Gasteiger partial charge in [0.2, 0.25) is 0 Å². The van der Waals surface area contributed by atoms with Gasteiger partial charge in [-0.05, 0) is 19.3 Å². The highest BCUT2D eigenvalue weighted by atomic mass is 35.5. The zero-order chi connectivity index (χ0) is 14.4. The van der Waals surface area contributed by atoms with Crippen LogP contribution in [0.15, 0.2) is 11.0 Å². The van der Waals surface area contributed by atoms with Crippen molar-refractivity contribution in [2.75, 3.05) is 32.2 Å². The Morgan fingerprint density at radius 1 is 1.60 bits per heavy atom. The number of halogens is 1. The van der Waals surface area contributed by atoms with Gasteiger partial charge in [0.15, 0.2) is 0 Å². The Labute approximate surface area is 123 Å². The minimum Gasteiger partial charge on any atom is -0.383 e. The summed E-state index contributed by atoms with van der Waals surface area (Å²) in [5, 5.41) is 7.38. The Kier molecular flexibility index (Phi) is 5.82. The zero-order valence-corrected chi connectivity index (χ0v) is 12.4. The number of aromatic nitrogens is 2. The highest BCUT2D eigenvalue weighted by Crippen LogP contribution is 2.17. The van der Waals surface area contributed by atoms with Crippen LogP contribution in [0.5, 0.6) is 0 Å².